The maximum atomic E-state index is 12.4. The standard InChI is InChI=1S/C17H23I2N3O3/c1-10(2)15(22-14(23)9-19)17(25)20-11(3)16(24)21-13-6-4-12(8-18)5-7-13/h4-7,10-11,15H,8-9H2,1-3H3,(H,20,25)(H,21,24)(H,22,23)/t11-,15?/m0/s1. The van der Waals surface area contributed by atoms with E-state index < -0.39 is 12.1 Å². The molecule has 0 fully saturated rings. The molecule has 0 radical (unpaired) electrons. The molecule has 0 bridgehead atoms. The number of hydrogen-bond donors (Lipinski definition) is 3. The van der Waals surface area contributed by atoms with Gasteiger partial charge in [-0.1, -0.05) is 71.2 Å². The molecule has 0 heterocycles. The second-order valence-electron chi connectivity index (χ2n) is 5.97. The minimum absolute atomic E-state index is 0.0806. The average Bonchev–Trinajstić information content (AvgIpc) is 2.59. The van der Waals surface area contributed by atoms with Crippen LogP contribution in [0.2, 0.25) is 0 Å². The molecule has 1 rings (SSSR count). The number of alkyl halides is 2. The Balaban J connectivity index is 2.64. The molecule has 0 aliphatic rings. The third-order valence-electron chi connectivity index (χ3n) is 3.51. The van der Waals surface area contributed by atoms with Gasteiger partial charge in [-0.2, -0.15) is 0 Å². The lowest BCUT2D eigenvalue weighted by molar-refractivity contribution is -0.131. The minimum Gasteiger partial charge on any atom is -0.343 e. The Morgan fingerprint density at radius 3 is 2.04 bits per heavy atom. The van der Waals surface area contributed by atoms with Crippen LogP contribution in [0.1, 0.15) is 26.3 Å². The molecule has 25 heavy (non-hydrogen) atoms. The molecule has 1 unspecified atom stereocenters. The summed E-state index contributed by atoms with van der Waals surface area (Å²) in [4.78, 5) is 36.2. The van der Waals surface area contributed by atoms with Crippen molar-refractivity contribution in [3.63, 3.8) is 0 Å². The zero-order chi connectivity index (χ0) is 19.0. The van der Waals surface area contributed by atoms with Crippen LogP contribution in [-0.4, -0.2) is 34.2 Å². The van der Waals surface area contributed by atoms with Crippen molar-refractivity contribution < 1.29 is 14.4 Å². The minimum atomic E-state index is -0.713. The monoisotopic (exact) mass is 571 g/mol. The topological polar surface area (TPSA) is 87.3 Å². The van der Waals surface area contributed by atoms with E-state index >= 15 is 0 Å². The molecule has 3 N–H and O–H groups in total. The molecule has 1 aromatic rings. The Morgan fingerprint density at radius 2 is 1.56 bits per heavy atom. The molecule has 3 amide bonds. The second-order valence-corrected chi connectivity index (χ2v) is 7.50. The van der Waals surface area contributed by atoms with Gasteiger partial charge in [0.1, 0.15) is 12.1 Å². The van der Waals surface area contributed by atoms with Crippen molar-refractivity contribution in [2.24, 2.45) is 5.92 Å². The van der Waals surface area contributed by atoms with Gasteiger partial charge < -0.3 is 16.0 Å². The number of hydrogen-bond acceptors (Lipinski definition) is 3. The summed E-state index contributed by atoms with van der Waals surface area (Å²) in [6.45, 7) is 5.30. The second kappa shape index (κ2) is 10.9. The normalized spacial score (nSPS) is 13.0. The van der Waals surface area contributed by atoms with Crippen molar-refractivity contribution in [3.05, 3.63) is 29.8 Å². The van der Waals surface area contributed by atoms with E-state index in [2.05, 4.69) is 38.5 Å². The first kappa shape index (κ1) is 22.1. The van der Waals surface area contributed by atoms with Gasteiger partial charge in [-0.15, -0.1) is 0 Å². The van der Waals surface area contributed by atoms with Crippen LogP contribution < -0.4 is 16.0 Å². The van der Waals surface area contributed by atoms with Crippen LogP contribution in [0.3, 0.4) is 0 Å². The lowest BCUT2D eigenvalue weighted by Gasteiger charge is -2.23. The number of carbonyl (C=O) groups is 3. The number of rotatable bonds is 8. The molecule has 0 saturated carbocycles. The van der Waals surface area contributed by atoms with Gasteiger partial charge in [0.25, 0.3) is 0 Å². The summed E-state index contributed by atoms with van der Waals surface area (Å²) < 4.78 is 1.18. The molecular formula is C17H23I2N3O3. The quantitative estimate of drug-likeness (QED) is 0.332. The molecule has 2 atom stereocenters. The summed E-state index contributed by atoms with van der Waals surface area (Å²) in [7, 11) is 0. The van der Waals surface area contributed by atoms with Gasteiger partial charge in [0.15, 0.2) is 0 Å². The molecule has 0 saturated heterocycles. The summed E-state index contributed by atoms with van der Waals surface area (Å²) in [6, 6.07) is 6.17. The van der Waals surface area contributed by atoms with E-state index in [1.54, 1.807) is 6.92 Å². The zero-order valence-corrected chi connectivity index (χ0v) is 18.8. The van der Waals surface area contributed by atoms with Crippen LogP contribution in [0.5, 0.6) is 0 Å². The van der Waals surface area contributed by atoms with Gasteiger partial charge in [-0.3, -0.25) is 14.4 Å². The molecule has 0 aromatic heterocycles. The Kier molecular flexibility index (Phi) is 9.69. The Hall–Kier alpha value is -0.910. The smallest absolute Gasteiger partial charge is 0.246 e. The fourth-order valence-electron chi connectivity index (χ4n) is 2.04. The summed E-state index contributed by atoms with van der Waals surface area (Å²) in [5.74, 6) is -0.959. The fourth-order valence-corrected chi connectivity index (χ4v) is 2.77. The van der Waals surface area contributed by atoms with Gasteiger partial charge in [0.05, 0.1) is 4.43 Å². The van der Waals surface area contributed by atoms with Crippen molar-refractivity contribution in [1.82, 2.24) is 10.6 Å². The van der Waals surface area contributed by atoms with Gasteiger partial charge in [0.2, 0.25) is 17.7 Å². The highest BCUT2D eigenvalue weighted by Gasteiger charge is 2.26. The average molecular weight is 571 g/mol. The molecular weight excluding hydrogens is 548 g/mol. The number of carbonyl (C=O) groups excluding carboxylic acids is 3. The molecule has 1 aromatic carbocycles. The SMILES string of the molecule is CC(C)C(NC(=O)CI)C(=O)N[C@@H](C)C(=O)Nc1ccc(CI)cc1. The first-order valence-corrected chi connectivity index (χ1v) is 10.9. The Morgan fingerprint density at radius 1 is 0.960 bits per heavy atom. The van der Waals surface area contributed by atoms with Crippen LogP contribution in [-0.2, 0) is 18.8 Å². The lowest BCUT2D eigenvalue weighted by atomic mass is 10.0. The summed E-state index contributed by atoms with van der Waals surface area (Å²) in [5.41, 5.74) is 1.85. The number of anilines is 1. The van der Waals surface area contributed by atoms with Crippen LogP contribution in [0, 0.1) is 5.92 Å². The lowest BCUT2D eigenvalue weighted by Crippen LogP contribution is -2.53. The molecule has 8 heteroatoms. The van der Waals surface area contributed by atoms with Crippen LogP contribution in [0.25, 0.3) is 0 Å². The highest BCUT2D eigenvalue weighted by atomic mass is 127. The predicted molar refractivity (Wildman–Crippen MR) is 116 cm³/mol. The van der Waals surface area contributed by atoms with E-state index in [1.165, 1.54) is 5.56 Å². The number of halogens is 2. The van der Waals surface area contributed by atoms with Gasteiger partial charge in [-0.25, -0.2) is 0 Å². The number of benzene rings is 1. The third kappa shape index (κ3) is 7.47. The van der Waals surface area contributed by atoms with Crippen molar-refractivity contribution in [3.8, 4) is 0 Å². The van der Waals surface area contributed by atoms with E-state index in [1.807, 2.05) is 60.7 Å². The van der Waals surface area contributed by atoms with E-state index in [0.717, 1.165) is 4.43 Å². The maximum Gasteiger partial charge on any atom is 0.246 e. The maximum absolute atomic E-state index is 12.4. The Bertz CT molecular complexity index is 606. The first-order valence-electron chi connectivity index (χ1n) is 7.90. The molecule has 0 aliphatic carbocycles. The van der Waals surface area contributed by atoms with Crippen molar-refractivity contribution >= 4 is 68.6 Å². The van der Waals surface area contributed by atoms with Crippen LogP contribution in [0.4, 0.5) is 5.69 Å². The third-order valence-corrected chi connectivity index (χ3v) is 5.09. The number of nitrogens with one attached hydrogen (secondary N) is 3. The first-order chi connectivity index (χ1) is 11.8. The Labute approximate surface area is 175 Å². The summed E-state index contributed by atoms with van der Waals surface area (Å²) >= 11 is 4.21. The van der Waals surface area contributed by atoms with E-state index in [0.29, 0.717) is 5.69 Å². The van der Waals surface area contributed by atoms with E-state index in [-0.39, 0.29) is 28.1 Å². The molecule has 0 aliphatic heterocycles. The van der Waals surface area contributed by atoms with E-state index in [4.69, 9.17) is 0 Å². The summed E-state index contributed by atoms with van der Waals surface area (Å²) in [5, 5.41) is 8.12. The highest BCUT2D eigenvalue weighted by Crippen LogP contribution is 2.12. The van der Waals surface area contributed by atoms with Crippen molar-refractivity contribution in [1.29, 1.82) is 0 Å². The van der Waals surface area contributed by atoms with Crippen LogP contribution >= 0.6 is 45.2 Å². The zero-order valence-electron chi connectivity index (χ0n) is 14.4. The van der Waals surface area contributed by atoms with Crippen molar-refractivity contribution in [2.45, 2.75) is 37.3 Å². The van der Waals surface area contributed by atoms with Gasteiger partial charge in [-0.05, 0) is 30.5 Å². The van der Waals surface area contributed by atoms with Gasteiger partial charge >= 0.3 is 0 Å². The van der Waals surface area contributed by atoms with Crippen LogP contribution in [0.15, 0.2) is 24.3 Å². The molecule has 6 nitrogen and oxygen atoms in total. The van der Waals surface area contributed by atoms with E-state index in [9.17, 15) is 14.4 Å². The van der Waals surface area contributed by atoms with Gasteiger partial charge in [0, 0.05) is 10.1 Å². The number of amides is 3. The van der Waals surface area contributed by atoms with Crippen molar-refractivity contribution in [2.75, 3.05) is 9.74 Å². The molecule has 138 valence electrons. The highest BCUT2D eigenvalue weighted by molar-refractivity contribution is 14.1. The molecule has 0 spiro atoms. The fraction of sp³-hybridized carbons (Fsp3) is 0.471. The summed E-state index contributed by atoms with van der Waals surface area (Å²) in [6.07, 6.45) is 0. The predicted octanol–water partition coefficient (Wildman–Crippen LogP) is 2.64. The largest absolute Gasteiger partial charge is 0.343 e.